The van der Waals surface area contributed by atoms with Crippen molar-refractivity contribution in [3.63, 3.8) is 0 Å². The lowest BCUT2D eigenvalue weighted by Gasteiger charge is -2.23. The summed E-state index contributed by atoms with van der Waals surface area (Å²) in [6, 6.07) is 7.70. The summed E-state index contributed by atoms with van der Waals surface area (Å²) in [6.07, 6.45) is 0.640. The van der Waals surface area contributed by atoms with E-state index in [4.69, 9.17) is 0 Å². The maximum Gasteiger partial charge on any atom is 0.237 e. The quantitative estimate of drug-likeness (QED) is 0.733. The van der Waals surface area contributed by atoms with Crippen LogP contribution in [0.2, 0.25) is 0 Å². The number of likely N-dealkylation sites (N-methyl/N-ethyl adjacent to an activating group) is 1. The Kier molecular flexibility index (Phi) is 5.94. The summed E-state index contributed by atoms with van der Waals surface area (Å²) in [5.74, 6) is 0.141. The third kappa shape index (κ3) is 3.85. The van der Waals surface area contributed by atoms with Gasteiger partial charge < -0.3 is 15.7 Å². The van der Waals surface area contributed by atoms with Crippen LogP contribution in [0.3, 0.4) is 0 Å². The van der Waals surface area contributed by atoms with E-state index in [1.165, 1.54) is 15.6 Å². The molecular weight excluding hydrogens is 296 g/mol. The molecule has 0 saturated heterocycles. The highest BCUT2D eigenvalue weighted by molar-refractivity contribution is 7.17. The third-order valence-corrected chi connectivity index (χ3v) is 4.87. The normalized spacial score (nSPS) is 14.2. The smallest absolute Gasteiger partial charge is 0.237 e. The zero-order valence-electron chi connectivity index (χ0n) is 13.3. The summed E-state index contributed by atoms with van der Waals surface area (Å²) in [4.78, 5) is 12.3. The lowest BCUT2D eigenvalue weighted by molar-refractivity contribution is -0.125. The predicted molar refractivity (Wildman–Crippen MR) is 92.2 cm³/mol. The molecule has 0 fully saturated rings. The first-order chi connectivity index (χ1) is 10.6. The van der Waals surface area contributed by atoms with Crippen LogP contribution in [0.4, 0.5) is 0 Å². The number of rotatable bonds is 7. The van der Waals surface area contributed by atoms with Gasteiger partial charge in [0.2, 0.25) is 5.91 Å². The van der Waals surface area contributed by atoms with E-state index in [1.54, 1.807) is 18.4 Å². The summed E-state index contributed by atoms with van der Waals surface area (Å²) in [5.41, 5.74) is 1.17. The highest BCUT2D eigenvalue weighted by Gasteiger charge is 2.23. The molecule has 1 heterocycles. The van der Waals surface area contributed by atoms with Crippen LogP contribution in [-0.2, 0) is 11.2 Å². The van der Waals surface area contributed by atoms with Crippen LogP contribution < -0.4 is 10.6 Å². The molecule has 0 aliphatic heterocycles. The molecule has 22 heavy (non-hydrogen) atoms. The predicted octanol–water partition coefficient (Wildman–Crippen LogP) is 2.16. The van der Waals surface area contributed by atoms with E-state index in [0.717, 1.165) is 0 Å². The van der Waals surface area contributed by atoms with E-state index in [9.17, 15) is 9.90 Å². The summed E-state index contributed by atoms with van der Waals surface area (Å²) in [6.45, 7) is 3.94. The van der Waals surface area contributed by atoms with Gasteiger partial charge in [-0.2, -0.15) is 0 Å². The summed E-state index contributed by atoms with van der Waals surface area (Å²) >= 11 is 1.69. The molecule has 0 spiro atoms. The first-order valence-electron chi connectivity index (χ1n) is 7.60. The molecule has 1 aromatic carbocycles. The van der Waals surface area contributed by atoms with Crippen molar-refractivity contribution in [3.8, 4) is 0 Å². The standard InChI is InChI=1S/C17H24N2O2S/c1-11(2)16(18-3)17(21)19-13(9-20)8-12-10-22-15-7-5-4-6-14(12)15/h4-7,10-11,13,16,18,20H,8-9H2,1-3H3,(H,19,21)/t13-,16-/m0/s1. The van der Waals surface area contributed by atoms with Gasteiger partial charge in [0.25, 0.3) is 0 Å². The van der Waals surface area contributed by atoms with E-state index in [1.807, 2.05) is 26.0 Å². The largest absolute Gasteiger partial charge is 0.394 e. The molecule has 120 valence electrons. The van der Waals surface area contributed by atoms with Gasteiger partial charge >= 0.3 is 0 Å². The summed E-state index contributed by atoms with van der Waals surface area (Å²) in [5, 5.41) is 18.9. The van der Waals surface area contributed by atoms with Gasteiger partial charge in [0, 0.05) is 4.70 Å². The van der Waals surface area contributed by atoms with Gasteiger partial charge in [-0.15, -0.1) is 11.3 Å². The summed E-state index contributed by atoms with van der Waals surface area (Å²) in [7, 11) is 1.78. The molecule has 0 bridgehead atoms. The minimum Gasteiger partial charge on any atom is -0.394 e. The number of carbonyl (C=O) groups excluding carboxylic acids is 1. The van der Waals surface area contributed by atoms with Gasteiger partial charge in [-0.1, -0.05) is 32.0 Å². The second kappa shape index (κ2) is 7.72. The van der Waals surface area contributed by atoms with Crippen molar-refractivity contribution in [1.29, 1.82) is 0 Å². The Morgan fingerprint density at radius 2 is 2.05 bits per heavy atom. The Hall–Kier alpha value is -1.43. The fourth-order valence-electron chi connectivity index (χ4n) is 2.68. The topological polar surface area (TPSA) is 61.4 Å². The molecule has 2 atom stereocenters. The Balaban J connectivity index is 2.08. The van der Waals surface area contributed by atoms with Crippen LogP contribution in [0.1, 0.15) is 19.4 Å². The number of hydrogen-bond donors (Lipinski definition) is 3. The van der Waals surface area contributed by atoms with Gasteiger partial charge in [-0.05, 0) is 41.8 Å². The Bertz CT molecular complexity index is 624. The molecule has 2 rings (SSSR count). The van der Waals surface area contributed by atoms with Gasteiger partial charge in [0.1, 0.15) is 0 Å². The second-order valence-electron chi connectivity index (χ2n) is 5.86. The van der Waals surface area contributed by atoms with Crippen molar-refractivity contribution >= 4 is 27.3 Å². The van der Waals surface area contributed by atoms with Crippen molar-refractivity contribution in [2.75, 3.05) is 13.7 Å². The maximum absolute atomic E-state index is 12.3. The number of hydrogen-bond acceptors (Lipinski definition) is 4. The first-order valence-corrected chi connectivity index (χ1v) is 8.48. The molecule has 0 aliphatic carbocycles. The zero-order valence-corrected chi connectivity index (χ0v) is 14.1. The SMILES string of the molecule is CN[C@H](C(=O)N[C@H](CO)Cc1csc2ccccc12)C(C)C. The number of amides is 1. The van der Waals surface area contributed by atoms with Crippen LogP contribution in [0.25, 0.3) is 10.1 Å². The van der Waals surface area contributed by atoms with Crippen molar-refractivity contribution < 1.29 is 9.90 Å². The monoisotopic (exact) mass is 320 g/mol. The number of carbonyl (C=O) groups is 1. The van der Waals surface area contributed by atoms with Gasteiger partial charge in [-0.3, -0.25) is 4.79 Å². The van der Waals surface area contributed by atoms with Crippen LogP contribution in [0, 0.1) is 5.92 Å². The molecule has 1 amide bonds. The van der Waals surface area contributed by atoms with Crippen molar-refractivity contribution in [3.05, 3.63) is 35.2 Å². The molecule has 3 N–H and O–H groups in total. The van der Waals surface area contributed by atoms with Crippen molar-refractivity contribution in [1.82, 2.24) is 10.6 Å². The molecule has 1 aromatic heterocycles. The molecule has 0 saturated carbocycles. The van der Waals surface area contributed by atoms with Crippen molar-refractivity contribution in [2.24, 2.45) is 5.92 Å². The third-order valence-electron chi connectivity index (χ3n) is 3.85. The maximum atomic E-state index is 12.3. The van der Waals surface area contributed by atoms with E-state index in [2.05, 4.69) is 28.1 Å². The Labute approximate surface area is 135 Å². The minimum absolute atomic E-state index is 0.0592. The fraction of sp³-hybridized carbons (Fsp3) is 0.471. The second-order valence-corrected chi connectivity index (χ2v) is 6.77. The molecule has 0 unspecified atom stereocenters. The number of aliphatic hydroxyl groups excluding tert-OH is 1. The number of fused-ring (bicyclic) bond motifs is 1. The van der Waals surface area contributed by atoms with E-state index in [-0.39, 0.29) is 30.5 Å². The number of thiophene rings is 1. The van der Waals surface area contributed by atoms with Crippen LogP contribution in [0.15, 0.2) is 29.6 Å². The van der Waals surface area contributed by atoms with Gasteiger partial charge in [-0.25, -0.2) is 0 Å². The lowest BCUT2D eigenvalue weighted by atomic mass is 10.0. The van der Waals surface area contributed by atoms with Crippen LogP contribution in [0.5, 0.6) is 0 Å². The average molecular weight is 320 g/mol. The summed E-state index contributed by atoms with van der Waals surface area (Å²) < 4.78 is 1.23. The van der Waals surface area contributed by atoms with E-state index in [0.29, 0.717) is 6.42 Å². The Morgan fingerprint density at radius 3 is 2.68 bits per heavy atom. The van der Waals surface area contributed by atoms with E-state index < -0.39 is 0 Å². The number of nitrogens with one attached hydrogen (secondary N) is 2. The molecule has 0 aliphatic rings. The number of benzene rings is 1. The van der Waals surface area contributed by atoms with E-state index >= 15 is 0 Å². The molecule has 0 radical (unpaired) electrons. The van der Waals surface area contributed by atoms with Crippen LogP contribution >= 0.6 is 11.3 Å². The lowest BCUT2D eigenvalue weighted by Crippen LogP contribution is -2.50. The molecular formula is C17H24N2O2S. The zero-order chi connectivity index (χ0) is 16.1. The molecule has 4 nitrogen and oxygen atoms in total. The van der Waals surface area contributed by atoms with Gasteiger partial charge in [0.15, 0.2) is 0 Å². The highest BCUT2D eigenvalue weighted by atomic mass is 32.1. The average Bonchev–Trinajstić information content (AvgIpc) is 2.90. The van der Waals surface area contributed by atoms with Crippen molar-refractivity contribution in [2.45, 2.75) is 32.4 Å². The Morgan fingerprint density at radius 1 is 1.32 bits per heavy atom. The first kappa shape index (κ1) is 16.9. The van der Waals surface area contributed by atoms with Gasteiger partial charge in [0.05, 0.1) is 18.7 Å². The molecule has 5 heteroatoms. The molecule has 2 aromatic rings. The minimum atomic E-state index is -0.264. The number of aliphatic hydroxyl groups is 1. The van der Waals surface area contributed by atoms with Crippen LogP contribution in [-0.4, -0.2) is 36.8 Å². The highest BCUT2D eigenvalue weighted by Crippen LogP contribution is 2.26. The fourth-order valence-corrected chi connectivity index (χ4v) is 3.65.